The largest absolute Gasteiger partial charge is 0.395 e. The summed E-state index contributed by atoms with van der Waals surface area (Å²) in [7, 11) is -3.44. The first kappa shape index (κ1) is 24.0. The van der Waals surface area contributed by atoms with Gasteiger partial charge in [-0.3, -0.25) is 0 Å². The zero-order chi connectivity index (χ0) is 23.0. The number of halogens is 4. The number of alkyl halides is 2. The Morgan fingerprint density at radius 3 is 2.58 bits per heavy atom. The average Bonchev–Trinajstić information content (AvgIpc) is 2.66. The SMILES string of the molecule is CC(F)(F)c1cccc(C[NH2+][C@H]2CS(=O)(=O)C[C@@H](Cc3cc(F)c(N)c(Br)c3)[C@@H]2O)c1. The highest BCUT2D eigenvalue weighted by molar-refractivity contribution is 9.10. The molecule has 0 aromatic heterocycles. The number of benzene rings is 2. The summed E-state index contributed by atoms with van der Waals surface area (Å²) in [6.45, 7) is 1.06. The van der Waals surface area contributed by atoms with Crippen molar-refractivity contribution in [1.82, 2.24) is 0 Å². The molecule has 0 saturated carbocycles. The Bertz CT molecular complexity index is 1040. The van der Waals surface area contributed by atoms with Crippen molar-refractivity contribution in [2.45, 2.75) is 38.0 Å². The van der Waals surface area contributed by atoms with Gasteiger partial charge in [-0.25, -0.2) is 21.6 Å². The van der Waals surface area contributed by atoms with Gasteiger partial charge in [0, 0.05) is 28.4 Å². The second-order valence-corrected chi connectivity index (χ2v) is 11.2. The Morgan fingerprint density at radius 1 is 1.23 bits per heavy atom. The lowest BCUT2D eigenvalue weighted by Gasteiger charge is -2.33. The molecule has 10 heteroatoms. The van der Waals surface area contributed by atoms with Crippen LogP contribution in [0.2, 0.25) is 0 Å². The quantitative estimate of drug-likeness (QED) is 0.508. The van der Waals surface area contributed by atoms with E-state index in [-0.39, 0.29) is 35.7 Å². The van der Waals surface area contributed by atoms with Gasteiger partial charge in [-0.15, -0.1) is 0 Å². The maximum absolute atomic E-state index is 13.9. The third-order valence-corrected chi connectivity index (χ3v) is 8.05. The maximum Gasteiger partial charge on any atom is 0.270 e. The number of aliphatic hydroxyl groups is 1. The van der Waals surface area contributed by atoms with Gasteiger partial charge in [0.1, 0.15) is 30.3 Å². The molecular formula is C21H25BrF3N2O3S+. The fourth-order valence-corrected chi connectivity index (χ4v) is 6.44. The van der Waals surface area contributed by atoms with E-state index in [4.69, 9.17) is 5.73 Å². The van der Waals surface area contributed by atoms with Crippen LogP contribution in [-0.2, 0) is 28.7 Å². The molecule has 0 bridgehead atoms. The summed E-state index contributed by atoms with van der Waals surface area (Å²) in [5.41, 5.74) is 6.56. The first-order chi connectivity index (χ1) is 14.4. The van der Waals surface area contributed by atoms with E-state index >= 15 is 0 Å². The number of hydrogen-bond acceptors (Lipinski definition) is 4. The topological polar surface area (TPSA) is 97.0 Å². The fourth-order valence-electron chi connectivity index (χ4n) is 3.94. The van der Waals surface area contributed by atoms with Crippen LogP contribution in [0.1, 0.15) is 23.6 Å². The molecule has 3 atom stereocenters. The molecule has 1 fully saturated rings. The van der Waals surface area contributed by atoms with Crippen LogP contribution in [-0.4, -0.2) is 37.2 Å². The van der Waals surface area contributed by atoms with Gasteiger partial charge in [0.25, 0.3) is 5.92 Å². The highest BCUT2D eigenvalue weighted by Crippen LogP contribution is 2.29. The predicted octanol–water partition coefficient (Wildman–Crippen LogP) is 2.36. The van der Waals surface area contributed by atoms with Gasteiger partial charge in [0.05, 0.1) is 11.4 Å². The van der Waals surface area contributed by atoms with Crippen molar-refractivity contribution in [2.75, 3.05) is 17.2 Å². The van der Waals surface area contributed by atoms with E-state index in [1.54, 1.807) is 17.4 Å². The van der Waals surface area contributed by atoms with Crippen molar-refractivity contribution >= 4 is 31.5 Å². The summed E-state index contributed by atoms with van der Waals surface area (Å²) in [6.07, 6.45) is -0.795. The first-order valence-corrected chi connectivity index (χ1v) is 12.4. The minimum absolute atomic E-state index is 0.0355. The van der Waals surface area contributed by atoms with Gasteiger partial charge in [-0.1, -0.05) is 18.2 Å². The van der Waals surface area contributed by atoms with Crippen molar-refractivity contribution in [3.05, 3.63) is 63.4 Å². The number of aliphatic hydroxyl groups excluding tert-OH is 1. The van der Waals surface area contributed by atoms with E-state index < -0.39 is 39.6 Å². The van der Waals surface area contributed by atoms with Crippen molar-refractivity contribution in [3.8, 4) is 0 Å². The Hall–Kier alpha value is -1.62. The van der Waals surface area contributed by atoms with Crippen LogP contribution in [0.15, 0.2) is 40.9 Å². The molecule has 31 heavy (non-hydrogen) atoms. The van der Waals surface area contributed by atoms with Crippen LogP contribution in [0.5, 0.6) is 0 Å². The van der Waals surface area contributed by atoms with Crippen molar-refractivity contribution in [1.29, 1.82) is 0 Å². The van der Waals surface area contributed by atoms with Gasteiger partial charge in [0.2, 0.25) is 0 Å². The van der Waals surface area contributed by atoms with Gasteiger partial charge in [-0.05, 0) is 46.1 Å². The summed E-state index contributed by atoms with van der Waals surface area (Å²) in [6, 6.07) is 8.12. The predicted molar refractivity (Wildman–Crippen MR) is 116 cm³/mol. The average molecular weight is 522 g/mol. The van der Waals surface area contributed by atoms with E-state index in [9.17, 15) is 26.7 Å². The minimum atomic E-state index is -3.44. The first-order valence-electron chi connectivity index (χ1n) is 9.78. The summed E-state index contributed by atoms with van der Waals surface area (Å²) in [5.74, 6) is -4.64. The second-order valence-electron chi connectivity index (χ2n) is 8.20. The molecule has 1 aliphatic heterocycles. The molecule has 170 valence electrons. The highest BCUT2D eigenvalue weighted by Gasteiger charge is 2.41. The number of nitrogen functional groups attached to an aromatic ring is 1. The normalized spacial score (nSPS) is 23.6. The lowest BCUT2D eigenvalue weighted by Crippen LogP contribution is -2.93. The number of nitrogens with two attached hydrogens (primary N) is 2. The van der Waals surface area contributed by atoms with E-state index in [1.807, 2.05) is 0 Å². The molecule has 0 spiro atoms. The standard InChI is InChI=1S/C21H24BrF3N2O3S/c1-21(24,25)15-4-2-3-12(6-15)9-27-18-11-31(29,30)10-14(20(18)28)5-13-7-16(22)19(26)17(23)8-13/h2-4,6-8,14,18,20,27-28H,5,9-11,26H2,1H3/p+1/t14-,18+,20+/m1/s1. The molecule has 0 unspecified atom stereocenters. The van der Waals surface area contributed by atoms with Crippen molar-refractivity contribution < 1.29 is 32.0 Å². The molecule has 1 saturated heterocycles. The van der Waals surface area contributed by atoms with Crippen LogP contribution >= 0.6 is 15.9 Å². The van der Waals surface area contributed by atoms with Crippen molar-refractivity contribution in [2.24, 2.45) is 5.92 Å². The number of hydrogen-bond donors (Lipinski definition) is 3. The van der Waals surface area contributed by atoms with Crippen LogP contribution in [0.3, 0.4) is 0 Å². The zero-order valence-electron chi connectivity index (χ0n) is 16.9. The third-order valence-electron chi connectivity index (χ3n) is 5.56. The third kappa shape index (κ3) is 6.00. The van der Waals surface area contributed by atoms with Crippen LogP contribution in [0.25, 0.3) is 0 Å². The van der Waals surface area contributed by atoms with Crippen LogP contribution < -0.4 is 11.1 Å². The van der Waals surface area contributed by atoms with Crippen LogP contribution in [0, 0.1) is 11.7 Å². The Kier molecular flexibility index (Phi) is 7.05. The Labute approximate surface area is 187 Å². The van der Waals surface area contributed by atoms with E-state index in [0.717, 1.165) is 6.92 Å². The minimum Gasteiger partial charge on any atom is -0.395 e. The lowest BCUT2D eigenvalue weighted by molar-refractivity contribution is -0.708. The van der Waals surface area contributed by atoms with E-state index in [0.29, 0.717) is 15.6 Å². The molecule has 5 nitrogen and oxygen atoms in total. The van der Waals surface area contributed by atoms with Crippen LogP contribution in [0.4, 0.5) is 18.9 Å². The van der Waals surface area contributed by atoms with Gasteiger partial charge < -0.3 is 16.2 Å². The molecule has 2 aromatic rings. The van der Waals surface area contributed by atoms with Gasteiger partial charge in [0.15, 0.2) is 9.84 Å². The van der Waals surface area contributed by atoms with E-state index in [2.05, 4.69) is 15.9 Å². The van der Waals surface area contributed by atoms with Crippen molar-refractivity contribution in [3.63, 3.8) is 0 Å². The summed E-state index contributed by atoms with van der Waals surface area (Å²) >= 11 is 3.18. The highest BCUT2D eigenvalue weighted by atomic mass is 79.9. The molecular weight excluding hydrogens is 497 g/mol. The van der Waals surface area contributed by atoms with Gasteiger partial charge >= 0.3 is 0 Å². The summed E-state index contributed by atoms with van der Waals surface area (Å²) in [5, 5.41) is 12.5. The smallest absolute Gasteiger partial charge is 0.270 e. The number of quaternary nitrogens is 1. The molecule has 1 heterocycles. The molecule has 0 aliphatic carbocycles. The molecule has 2 aromatic carbocycles. The van der Waals surface area contributed by atoms with E-state index in [1.165, 1.54) is 24.3 Å². The lowest BCUT2D eigenvalue weighted by atomic mass is 9.91. The summed E-state index contributed by atoms with van der Waals surface area (Å²) < 4.78 is 66.4. The zero-order valence-corrected chi connectivity index (χ0v) is 19.3. The number of rotatable bonds is 6. The molecule has 1 aliphatic rings. The molecule has 5 N–H and O–H groups in total. The Balaban J connectivity index is 1.74. The maximum atomic E-state index is 13.9. The fraction of sp³-hybridized carbons (Fsp3) is 0.429. The Morgan fingerprint density at radius 2 is 1.94 bits per heavy atom. The molecule has 3 rings (SSSR count). The molecule has 0 amide bonds. The van der Waals surface area contributed by atoms with Gasteiger partial charge in [-0.2, -0.15) is 0 Å². The molecule has 0 radical (unpaired) electrons. The number of anilines is 1. The summed E-state index contributed by atoms with van der Waals surface area (Å²) in [4.78, 5) is 0. The number of sulfone groups is 1. The monoisotopic (exact) mass is 521 g/mol. The second kappa shape index (κ2) is 9.09.